The van der Waals surface area contributed by atoms with E-state index in [0.29, 0.717) is 5.56 Å². The van der Waals surface area contributed by atoms with E-state index in [1.807, 2.05) is 0 Å². The van der Waals surface area contributed by atoms with E-state index in [-0.39, 0.29) is 21.3 Å². The lowest BCUT2D eigenvalue weighted by Gasteiger charge is -2.12. The normalized spacial score (nSPS) is 11.3. The molecular formula is C13H12ClFN2O2S. The molecule has 106 valence electrons. The molecule has 20 heavy (non-hydrogen) atoms. The fourth-order valence-corrected chi connectivity index (χ4v) is 3.04. The summed E-state index contributed by atoms with van der Waals surface area (Å²) in [5, 5.41) is 0.123. The van der Waals surface area contributed by atoms with E-state index in [0.717, 1.165) is 0 Å². The Kier molecular flexibility index (Phi) is 3.87. The second-order valence-electron chi connectivity index (χ2n) is 4.22. The highest BCUT2D eigenvalue weighted by Crippen LogP contribution is 2.26. The van der Waals surface area contributed by atoms with E-state index < -0.39 is 15.8 Å². The summed E-state index contributed by atoms with van der Waals surface area (Å²) < 4.78 is 40.3. The zero-order chi connectivity index (χ0) is 14.9. The maximum atomic E-state index is 13.7. The van der Waals surface area contributed by atoms with Crippen LogP contribution >= 0.6 is 11.6 Å². The van der Waals surface area contributed by atoms with E-state index >= 15 is 0 Å². The van der Waals surface area contributed by atoms with Gasteiger partial charge in [-0.3, -0.25) is 4.72 Å². The summed E-state index contributed by atoms with van der Waals surface area (Å²) in [6.45, 7) is 1.61. The van der Waals surface area contributed by atoms with Crippen molar-refractivity contribution in [1.82, 2.24) is 0 Å². The summed E-state index contributed by atoms with van der Waals surface area (Å²) in [7, 11) is -3.93. The second kappa shape index (κ2) is 5.30. The number of halogens is 2. The summed E-state index contributed by atoms with van der Waals surface area (Å²) in [6.07, 6.45) is 0. The number of anilines is 2. The number of rotatable bonds is 3. The van der Waals surface area contributed by atoms with Gasteiger partial charge in [0.25, 0.3) is 10.0 Å². The van der Waals surface area contributed by atoms with Gasteiger partial charge in [0.1, 0.15) is 5.82 Å². The third-order valence-corrected chi connectivity index (χ3v) is 4.42. The molecule has 0 aromatic heterocycles. The molecule has 2 aromatic rings. The average molecular weight is 315 g/mol. The van der Waals surface area contributed by atoms with Crippen molar-refractivity contribution in [2.75, 3.05) is 10.5 Å². The van der Waals surface area contributed by atoms with Crippen molar-refractivity contribution in [2.45, 2.75) is 11.8 Å². The minimum atomic E-state index is -3.93. The van der Waals surface area contributed by atoms with Gasteiger partial charge in [0, 0.05) is 0 Å². The lowest BCUT2D eigenvalue weighted by Crippen LogP contribution is -2.15. The molecule has 0 atom stereocenters. The highest BCUT2D eigenvalue weighted by Gasteiger charge is 2.18. The fourth-order valence-electron chi connectivity index (χ4n) is 1.63. The monoisotopic (exact) mass is 314 g/mol. The van der Waals surface area contributed by atoms with Crippen LogP contribution in [0.2, 0.25) is 5.02 Å². The van der Waals surface area contributed by atoms with Gasteiger partial charge < -0.3 is 5.73 Å². The van der Waals surface area contributed by atoms with Crippen molar-refractivity contribution in [3.05, 3.63) is 52.8 Å². The van der Waals surface area contributed by atoms with Crippen LogP contribution in [0.4, 0.5) is 15.8 Å². The molecular weight excluding hydrogens is 303 g/mol. The first kappa shape index (κ1) is 14.6. The van der Waals surface area contributed by atoms with Gasteiger partial charge in [0.05, 0.1) is 21.3 Å². The number of hydrogen-bond acceptors (Lipinski definition) is 3. The molecule has 0 aliphatic heterocycles. The van der Waals surface area contributed by atoms with Crippen LogP contribution in [0.1, 0.15) is 5.56 Å². The molecule has 0 saturated heterocycles. The molecule has 7 heteroatoms. The number of aryl methyl sites for hydroxylation is 1. The van der Waals surface area contributed by atoms with Crippen molar-refractivity contribution < 1.29 is 12.8 Å². The predicted octanol–water partition coefficient (Wildman–Crippen LogP) is 3.17. The highest BCUT2D eigenvalue weighted by molar-refractivity contribution is 7.92. The Hall–Kier alpha value is -1.79. The summed E-state index contributed by atoms with van der Waals surface area (Å²) in [5.74, 6) is -0.643. The van der Waals surface area contributed by atoms with E-state index in [9.17, 15) is 12.8 Å². The van der Waals surface area contributed by atoms with Crippen LogP contribution in [-0.2, 0) is 10.0 Å². The smallest absolute Gasteiger partial charge is 0.262 e. The van der Waals surface area contributed by atoms with E-state index in [1.54, 1.807) is 13.0 Å². The fraction of sp³-hybridized carbons (Fsp3) is 0.0769. The van der Waals surface area contributed by atoms with Crippen molar-refractivity contribution in [3.63, 3.8) is 0 Å². The van der Waals surface area contributed by atoms with Gasteiger partial charge in [-0.1, -0.05) is 23.7 Å². The van der Waals surface area contributed by atoms with Crippen LogP contribution < -0.4 is 10.5 Å². The standard InChI is InChI=1S/C13H12ClFN2O2S/c1-8-3-2-4-11(15)13(8)17-20(18,19)9-5-6-12(16)10(14)7-9/h2-7,17H,16H2,1H3. The Balaban J connectivity index is 2.43. The molecule has 0 aliphatic rings. The van der Waals surface area contributed by atoms with Crippen LogP contribution in [0, 0.1) is 12.7 Å². The number of nitrogens with two attached hydrogens (primary N) is 1. The zero-order valence-electron chi connectivity index (χ0n) is 10.5. The first-order valence-corrected chi connectivity index (χ1v) is 7.50. The third-order valence-electron chi connectivity index (χ3n) is 2.74. The molecule has 0 spiro atoms. The minimum Gasteiger partial charge on any atom is -0.398 e. The molecule has 0 saturated carbocycles. The zero-order valence-corrected chi connectivity index (χ0v) is 12.1. The lowest BCUT2D eigenvalue weighted by molar-refractivity contribution is 0.598. The number of nitrogen functional groups attached to an aromatic ring is 1. The van der Waals surface area contributed by atoms with E-state index in [1.165, 1.54) is 30.3 Å². The number of sulfonamides is 1. The Bertz CT molecular complexity index is 743. The SMILES string of the molecule is Cc1cccc(F)c1NS(=O)(=O)c1ccc(N)c(Cl)c1. The van der Waals surface area contributed by atoms with E-state index in [2.05, 4.69) is 4.72 Å². The minimum absolute atomic E-state index is 0.0829. The summed E-state index contributed by atoms with van der Waals surface area (Å²) >= 11 is 5.79. The summed E-state index contributed by atoms with van der Waals surface area (Å²) in [4.78, 5) is -0.0839. The van der Waals surface area contributed by atoms with Crippen molar-refractivity contribution >= 4 is 33.0 Å². The predicted molar refractivity (Wildman–Crippen MR) is 77.8 cm³/mol. The van der Waals surface area contributed by atoms with Gasteiger partial charge in [-0.15, -0.1) is 0 Å². The van der Waals surface area contributed by atoms with Crippen LogP contribution in [0.5, 0.6) is 0 Å². The number of nitrogens with one attached hydrogen (secondary N) is 1. The summed E-state index contributed by atoms with van der Waals surface area (Å²) in [5.41, 5.74) is 6.20. The molecule has 0 amide bonds. The molecule has 0 bridgehead atoms. The quantitative estimate of drug-likeness (QED) is 0.855. The topological polar surface area (TPSA) is 72.2 Å². The third kappa shape index (κ3) is 2.86. The maximum absolute atomic E-state index is 13.7. The Morgan fingerprint density at radius 2 is 1.95 bits per heavy atom. The second-order valence-corrected chi connectivity index (χ2v) is 6.31. The largest absolute Gasteiger partial charge is 0.398 e. The highest BCUT2D eigenvalue weighted by atomic mass is 35.5. The van der Waals surface area contributed by atoms with Crippen LogP contribution in [0.15, 0.2) is 41.3 Å². The molecule has 2 aromatic carbocycles. The van der Waals surface area contributed by atoms with Crippen molar-refractivity contribution in [1.29, 1.82) is 0 Å². The number of para-hydroxylation sites is 1. The van der Waals surface area contributed by atoms with Gasteiger partial charge in [0.15, 0.2) is 0 Å². The molecule has 0 heterocycles. The number of benzene rings is 2. The maximum Gasteiger partial charge on any atom is 0.262 e. The van der Waals surface area contributed by atoms with Gasteiger partial charge in [-0.05, 0) is 36.8 Å². The first-order chi connectivity index (χ1) is 9.31. The van der Waals surface area contributed by atoms with Crippen molar-refractivity contribution in [2.24, 2.45) is 0 Å². The Morgan fingerprint density at radius 3 is 2.55 bits per heavy atom. The molecule has 0 radical (unpaired) electrons. The average Bonchev–Trinajstić information content (AvgIpc) is 2.37. The molecule has 3 N–H and O–H groups in total. The Morgan fingerprint density at radius 1 is 1.25 bits per heavy atom. The molecule has 0 fully saturated rings. The first-order valence-electron chi connectivity index (χ1n) is 5.64. The van der Waals surface area contributed by atoms with Crippen LogP contribution in [-0.4, -0.2) is 8.42 Å². The van der Waals surface area contributed by atoms with Crippen LogP contribution in [0.25, 0.3) is 0 Å². The Labute approximate surface area is 121 Å². The van der Waals surface area contributed by atoms with Gasteiger partial charge in [-0.2, -0.15) is 0 Å². The molecule has 4 nitrogen and oxygen atoms in total. The molecule has 2 rings (SSSR count). The van der Waals surface area contributed by atoms with Crippen LogP contribution in [0.3, 0.4) is 0 Å². The number of hydrogen-bond donors (Lipinski definition) is 2. The lowest BCUT2D eigenvalue weighted by atomic mass is 10.2. The van der Waals surface area contributed by atoms with E-state index in [4.69, 9.17) is 17.3 Å². The molecule has 0 unspecified atom stereocenters. The summed E-state index contributed by atoms with van der Waals surface area (Å²) in [6, 6.07) is 8.19. The van der Waals surface area contributed by atoms with Crippen molar-refractivity contribution in [3.8, 4) is 0 Å². The molecule has 0 aliphatic carbocycles. The van der Waals surface area contributed by atoms with Gasteiger partial charge in [-0.25, -0.2) is 12.8 Å². The van der Waals surface area contributed by atoms with Gasteiger partial charge in [0.2, 0.25) is 0 Å². The van der Waals surface area contributed by atoms with Gasteiger partial charge >= 0.3 is 0 Å².